The van der Waals surface area contributed by atoms with Gasteiger partial charge in [0.2, 0.25) is 5.88 Å². The lowest BCUT2D eigenvalue weighted by atomic mass is 10.2. The molecule has 0 aliphatic carbocycles. The average Bonchev–Trinajstić information content (AvgIpc) is 2.33. The van der Waals surface area contributed by atoms with Crippen molar-refractivity contribution in [1.29, 1.82) is 0 Å². The smallest absolute Gasteiger partial charge is 0.214 e. The molecule has 1 N–H and O–H groups in total. The Kier molecular flexibility index (Phi) is 6.93. The first-order valence-corrected chi connectivity index (χ1v) is 6.17. The van der Waals surface area contributed by atoms with E-state index in [1.807, 2.05) is 6.92 Å². The number of ether oxygens (including phenoxy) is 1. The van der Waals surface area contributed by atoms with Crippen molar-refractivity contribution in [2.45, 2.75) is 26.2 Å². The summed E-state index contributed by atoms with van der Waals surface area (Å²) >= 11 is 5.59. The van der Waals surface area contributed by atoms with Crippen molar-refractivity contribution >= 4 is 11.6 Å². The molecule has 0 spiro atoms. The number of nitrogens with zero attached hydrogens (tertiary/aromatic N) is 1. The largest absolute Gasteiger partial charge is 0.478 e. The van der Waals surface area contributed by atoms with Crippen LogP contribution in [0.2, 0.25) is 5.15 Å². The van der Waals surface area contributed by atoms with Crippen LogP contribution in [0.4, 0.5) is 0 Å². The molecule has 1 aliphatic heterocycles. The van der Waals surface area contributed by atoms with E-state index in [1.165, 1.54) is 32.4 Å². The molecule has 90 valence electrons. The van der Waals surface area contributed by atoms with Gasteiger partial charge in [0.05, 0.1) is 6.61 Å². The van der Waals surface area contributed by atoms with Crippen LogP contribution in [0.1, 0.15) is 26.2 Å². The first kappa shape index (κ1) is 13.3. The van der Waals surface area contributed by atoms with Gasteiger partial charge < -0.3 is 10.1 Å². The fourth-order valence-corrected chi connectivity index (χ4v) is 1.58. The van der Waals surface area contributed by atoms with Crippen molar-refractivity contribution in [3.63, 3.8) is 0 Å². The number of halogens is 1. The lowest BCUT2D eigenvalue weighted by Crippen LogP contribution is -2.21. The third-order valence-electron chi connectivity index (χ3n) is 2.19. The van der Waals surface area contributed by atoms with E-state index in [1.54, 1.807) is 18.2 Å². The molecular weight excluding hydrogens is 224 g/mol. The standard InChI is InChI=1S/C7H8ClNO.C5H11N/c1-2-10-7-5-3-4-6(8)9-7;1-2-4-6-5-3-1/h3-5H,2H2,1H3;6H,1-5H2. The molecule has 3 nitrogen and oxygen atoms in total. The molecule has 1 saturated heterocycles. The summed E-state index contributed by atoms with van der Waals surface area (Å²) in [7, 11) is 0. The van der Waals surface area contributed by atoms with E-state index in [2.05, 4.69) is 10.3 Å². The summed E-state index contributed by atoms with van der Waals surface area (Å²) in [5, 5.41) is 3.75. The van der Waals surface area contributed by atoms with Gasteiger partial charge in [0.25, 0.3) is 0 Å². The Hall–Kier alpha value is -0.800. The highest BCUT2D eigenvalue weighted by Crippen LogP contribution is 2.10. The molecule has 2 heterocycles. The minimum Gasteiger partial charge on any atom is -0.478 e. The molecule has 2 rings (SSSR count). The average molecular weight is 243 g/mol. The summed E-state index contributed by atoms with van der Waals surface area (Å²) in [6.07, 6.45) is 4.22. The fourth-order valence-electron chi connectivity index (χ4n) is 1.42. The Morgan fingerprint density at radius 1 is 1.31 bits per heavy atom. The highest BCUT2D eigenvalue weighted by atomic mass is 35.5. The molecule has 16 heavy (non-hydrogen) atoms. The molecule has 1 aromatic rings. The van der Waals surface area contributed by atoms with E-state index in [0.29, 0.717) is 17.6 Å². The van der Waals surface area contributed by atoms with Crippen LogP contribution in [0.5, 0.6) is 5.88 Å². The van der Waals surface area contributed by atoms with Gasteiger partial charge in [0, 0.05) is 6.07 Å². The van der Waals surface area contributed by atoms with E-state index >= 15 is 0 Å². The molecule has 1 aromatic heterocycles. The second-order valence-electron chi connectivity index (χ2n) is 3.54. The third-order valence-corrected chi connectivity index (χ3v) is 2.40. The normalized spacial score (nSPS) is 14.9. The van der Waals surface area contributed by atoms with Crippen molar-refractivity contribution in [2.24, 2.45) is 0 Å². The first-order chi connectivity index (χ1) is 7.83. The Morgan fingerprint density at radius 3 is 2.50 bits per heavy atom. The number of aromatic nitrogens is 1. The van der Waals surface area contributed by atoms with E-state index in [-0.39, 0.29) is 0 Å². The monoisotopic (exact) mass is 242 g/mol. The molecule has 1 fully saturated rings. The summed E-state index contributed by atoms with van der Waals surface area (Å²) in [5.74, 6) is 0.579. The van der Waals surface area contributed by atoms with Crippen LogP contribution in [-0.4, -0.2) is 24.7 Å². The van der Waals surface area contributed by atoms with Gasteiger partial charge in [-0.1, -0.05) is 24.1 Å². The summed E-state index contributed by atoms with van der Waals surface area (Å²) in [6, 6.07) is 5.29. The van der Waals surface area contributed by atoms with Gasteiger partial charge >= 0.3 is 0 Å². The van der Waals surface area contributed by atoms with E-state index in [4.69, 9.17) is 16.3 Å². The summed E-state index contributed by atoms with van der Waals surface area (Å²) in [4.78, 5) is 3.91. The highest BCUT2D eigenvalue weighted by Gasteiger charge is 1.93. The number of nitrogens with one attached hydrogen (secondary N) is 1. The zero-order chi connectivity index (χ0) is 11.6. The number of rotatable bonds is 2. The lowest BCUT2D eigenvalue weighted by Gasteiger charge is -2.08. The van der Waals surface area contributed by atoms with Crippen LogP contribution < -0.4 is 10.1 Å². The van der Waals surface area contributed by atoms with Crippen LogP contribution in [0.25, 0.3) is 0 Å². The van der Waals surface area contributed by atoms with Gasteiger partial charge in [0.1, 0.15) is 5.15 Å². The van der Waals surface area contributed by atoms with Gasteiger partial charge in [-0.15, -0.1) is 0 Å². The maximum absolute atomic E-state index is 5.59. The number of piperidine rings is 1. The summed E-state index contributed by atoms with van der Waals surface area (Å²) < 4.78 is 5.09. The predicted octanol–water partition coefficient (Wildman–Crippen LogP) is 2.89. The van der Waals surface area contributed by atoms with Crippen molar-refractivity contribution in [2.75, 3.05) is 19.7 Å². The van der Waals surface area contributed by atoms with Crippen molar-refractivity contribution < 1.29 is 4.74 Å². The molecule has 4 heteroatoms. The summed E-state index contributed by atoms with van der Waals surface area (Å²) in [5.41, 5.74) is 0. The molecule has 0 amide bonds. The second kappa shape index (κ2) is 8.36. The number of hydrogen-bond donors (Lipinski definition) is 1. The SMILES string of the molecule is C1CCNCC1.CCOc1cccc(Cl)n1. The maximum atomic E-state index is 5.59. The Labute approximate surface area is 102 Å². The molecule has 0 bridgehead atoms. The van der Waals surface area contributed by atoms with Crippen molar-refractivity contribution in [3.8, 4) is 5.88 Å². The molecule has 0 radical (unpaired) electrons. The van der Waals surface area contributed by atoms with Crippen molar-refractivity contribution in [3.05, 3.63) is 23.4 Å². The second-order valence-corrected chi connectivity index (χ2v) is 3.93. The van der Waals surface area contributed by atoms with Gasteiger partial charge in [-0.3, -0.25) is 0 Å². The highest BCUT2D eigenvalue weighted by molar-refractivity contribution is 6.29. The Bertz CT molecular complexity index is 279. The Balaban J connectivity index is 0.000000181. The van der Waals surface area contributed by atoms with E-state index in [9.17, 15) is 0 Å². The van der Waals surface area contributed by atoms with E-state index < -0.39 is 0 Å². The summed E-state index contributed by atoms with van der Waals surface area (Å²) in [6.45, 7) is 5.02. The zero-order valence-corrected chi connectivity index (χ0v) is 10.5. The van der Waals surface area contributed by atoms with Crippen LogP contribution in [0, 0.1) is 0 Å². The van der Waals surface area contributed by atoms with Gasteiger partial charge in [0.15, 0.2) is 0 Å². The minimum absolute atomic E-state index is 0.464. The fraction of sp³-hybridized carbons (Fsp3) is 0.583. The predicted molar refractivity (Wildman–Crippen MR) is 67.1 cm³/mol. The topological polar surface area (TPSA) is 34.1 Å². The molecule has 0 aromatic carbocycles. The van der Waals surface area contributed by atoms with Gasteiger partial charge in [-0.05, 0) is 38.9 Å². The lowest BCUT2D eigenvalue weighted by molar-refractivity contribution is 0.327. The van der Waals surface area contributed by atoms with Crippen LogP contribution in [0.15, 0.2) is 18.2 Å². The quantitative estimate of drug-likeness (QED) is 0.810. The maximum Gasteiger partial charge on any atom is 0.214 e. The zero-order valence-electron chi connectivity index (χ0n) is 9.71. The number of hydrogen-bond acceptors (Lipinski definition) is 3. The van der Waals surface area contributed by atoms with Crippen LogP contribution >= 0.6 is 11.6 Å². The van der Waals surface area contributed by atoms with E-state index in [0.717, 1.165) is 0 Å². The first-order valence-electron chi connectivity index (χ1n) is 5.79. The van der Waals surface area contributed by atoms with Crippen molar-refractivity contribution in [1.82, 2.24) is 10.3 Å². The van der Waals surface area contributed by atoms with Gasteiger partial charge in [-0.25, -0.2) is 4.98 Å². The molecule has 0 unspecified atom stereocenters. The van der Waals surface area contributed by atoms with Crippen LogP contribution in [-0.2, 0) is 0 Å². The third kappa shape index (κ3) is 5.93. The Morgan fingerprint density at radius 2 is 2.06 bits per heavy atom. The molecule has 1 aliphatic rings. The molecular formula is C12H19ClN2O. The number of pyridine rings is 1. The molecule has 0 saturated carbocycles. The minimum atomic E-state index is 0.464. The molecule has 0 atom stereocenters. The van der Waals surface area contributed by atoms with Crippen LogP contribution in [0.3, 0.4) is 0 Å². The van der Waals surface area contributed by atoms with Gasteiger partial charge in [-0.2, -0.15) is 0 Å².